The second-order valence-corrected chi connectivity index (χ2v) is 7.41. The van der Waals surface area contributed by atoms with Gasteiger partial charge in [0.25, 0.3) is 5.91 Å². The molecular weight excluding hydrogens is 332 g/mol. The van der Waals surface area contributed by atoms with Gasteiger partial charge < -0.3 is 19.3 Å². The van der Waals surface area contributed by atoms with Crippen LogP contribution in [0.2, 0.25) is 5.02 Å². The van der Waals surface area contributed by atoms with Gasteiger partial charge >= 0.3 is 6.09 Å². The van der Waals surface area contributed by atoms with E-state index in [0.29, 0.717) is 42.6 Å². The lowest BCUT2D eigenvalue weighted by Crippen LogP contribution is -2.58. The number of rotatable bonds is 0. The van der Waals surface area contributed by atoms with E-state index in [4.69, 9.17) is 21.1 Å². The molecule has 0 bridgehead atoms. The lowest BCUT2D eigenvalue weighted by Gasteiger charge is -2.40. The van der Waals surface area contributed by atoms with Gasteiger partial charge in [0.15, 0.2) is 5.75 Å². The van der Waals surface area contributed by atoms with Crippen molar-refractivity contribution < 1.29 is 19.1 Å². The van der Waals surface area contributed by atoms with Crippen LogP contribution in [-0.2, 0) is 4.74 Å². The molecule has 0 N–H and O–H groups in total. The van der Waals surface area contributed by atoms with Gasteiger partial charge in [-0.3, -0.25) is 4.79 Å². The Labute approximate surface area is 146 Å². The van der Waals surface area contributed by atoms with Gasteiger partial charge in [0.2, 0.25) is 0 Å². The molecular formula is C17H21ClN2O4. The number of ether oxygens (including phenoxy) is 2. The van der Waals surface area contributed by atoms with E-state index < -0.39 is 5.60 Å². The Morgan fingerprint density at radius 2 is 2.08 bits per heavy atom. The van der Waals surface area contributed by atoms with Gasteiger partial charge in [-0.05, 0) is 32.9 Å². The van der Waals surface area contributed by atoms with Crippen molar-refractivity contribution in [2.24, 2.45) is 0 Å². The Bertz CT molecular complexity index is 671. The number of para-hydroxylation sites is 1. The molecule has 24 heavy (non-hydrogen) atoms. The minimum absolute atomic E-state index is 0.112. The van der Waals surface area contributed by atoms with E-state index >= 15 is 0 Å². The molecule has 130 valence electrons. The lowest BCUT2D eigenvalue weighted by molar-refractivity contribution is 0.000953. The van der Waals surface area contributed by atoms with Crippen molar-refractivity contribution in [2.45, 2.75) is 32.4 Å². The summed E-state index contributed by atoms with van der Waals surface area (Å²) >= 11 is 6.15. The fraction of sp³-hybridized carbons (Fsp3) is 0.529. The second kappa shape index (κ2) is 6.16. The summed E-state index contributed by atoms with van der Waals surface area (Å²) in [5.41, 5.74) is -0.0796. The molecule has 1 aromatic carbocycles. The zero-order chi connectivity index (χ0) is 17.5. The summed E-state index contributed by atoms with van der Waals surface area (Å²) in [6.45, 7) is 7.05. The molecule has 0 aliphatic carbocycles. The maximum Gasteiger partial charge on any atom is 0.410 e. The minimum atomic E-state index is -0.548. The van der Waals surface area contributed by atoms with Gasteiger partial charge in [-0.15, -0.1) is 0 Å². The molecule has 0 saturated carbocycles. The number of benzene rings is 1. The number of amides is 2. The van der Waals surface area contributed by atoms with Crippen molar-refractivity contribution >= 4 is 23.6 Å². The monoisotopic (exact) mass is 352 g/mol. The molecule has 2 aliphatic rings. The highest BCUT2D eigenvalue weighted by atomic mass is 35.5. The first-order valence-corrected chi connectivity index (χ1v) is 8.34. The fourth-order valence-corrected chi connectivity index (χ4v) is 3.14. The SMILES string of the molecule is CC(C)(C)OC(=O)N1CCN2C(=O)c3cccc(Cl)c3OCC2C1. The van der Waals surface area contributed by atoms with Crippen molar-refractivity contribution in [3.05, 3.63) is 28.8 Å². The molecule has 1 unspecified atom stereocenters. The normalized spacial score (nSPS) is 20.7. The van der Waals surface area contributed by atoms with Crippen molar-refractivity contribution in [1.82, 2.24) is 9.80 Å². The van der Waals surface area contributed by atoms with Crippen LogP contribution in [0.15, 0.2) is 18.2 Å². The van der Waals surface area contributed by atoms with Crippen LogP contribution in [0.3, 0.4) is 0 Å². The quantitative estimate of drug-likeness (QED) is 0.720. The Morgan fingerprint density at radius 3 is 2.79 bits per heavy atom. The zero-order valence-corrected chi connectivity index (χ0v) is 14.8. The average Bonchev–Trinajstić information content (AvgIpc) is 2.64. The van der Waals surface area contributed by atoms with Crippen molar-refractivity contribution in [2.75, 3.05) is 26.2 Å². The fourth-order valence-electron chi connectivity index (χ4n) is 2.92. The number of hydrogen-bond acceptors (Lipinski definition) is 4. The van der Waals surface area contributed by atoms with E-state index in [-0.39, 0.29) is 18.0 Å². The summed E-state index contributed by atoms with van der Waals surface area (Å²) < 4.78 is 11.2. The van der Waals surface area contributed by atoms with Crippen LogP contribution in [0.4, 0.5) is 4.79 Å². The van der Waals surface area contributed by atoms with Crippen LogP contribution >= 0.6 is 11.6 Å². The molecule has 0 radical (unpaired) electrons. The molecule has 0 aromatic heterocycles. The summed E-state index contributed by atoms with van der Waals surface area (Å²) in [5.74, 6) is 0.307. The van der Waals surface area contributed by atoms with Gasteiger partial charge in [0.05, 0.1) is 16.6 Å². The van der Waals surface area contributed by atoms with E-state index in [1.807, 2.05) is 20.8 Å². The number of carbonyl (C=O) groups excluding carboxylic acids is 2. The lowest BCUT2D eigenvalue weighted by atomic mass is 10.1. The van der Waals surface area contributed by atoms with Crippen molar-refractivity contribution in [1.29, 1.82) is 0 Å². The Morgan fingerprint density at radius 1 is 1.33 bits per heavy atom. The van der Waals surface area contributed by atoms with E-state index in [1.165, 1.54) is 0 Å². The van der Waals surface area contributed by atoms with Crippen molar-refractivity contribution in [3.63, 3.8) is 0 Å². The predicted octanol–water partition coefficient (Wildman–Crippen LogP) is 2.79. The van der Waals surface area contributed by atoms with E-state index in [1.54, 1.807) is 28.0 Å². The molecule has 2 heterocycles. The Balaban J connectivity index is 1.77. The molecule has 7 heteroatoms. The Kier molecular flexibility index (Phi) is 4.34. The third kappa shape index (κ3) is 3.29. The smallest absolute Gasteiger partial charge is 0.410 e. The summed E-state index contributed by atoms with van der Waals surface area (Å²) in [4.78, 5) is 28.4. The molecule has 2 aliphatic heterocycles. The van der Waals surface area contributed by atoms with Crippen molar-refractivity contribution in [3.8, 4) is 5.75 Å². The maximum atomic E-state index is 12.8. The highest BCUT2D eigenvalue weighted by Crippen LogP contribution is 2.33. The molecule has 1 aromatic rings. The number of fused-ring (bicyclic) bond motifs is 2. The topological polar surface area (TPSA) is 59.1 Å². The van der Waals surface area contributed by atoms with Crippen LogP contribution in [-0.4, -0.2) is 59.7 Å². The van der Waals surface area contributed by atoms with Crippen LogP contribution in [0.5, 0.6) is 5.75 Å². The molecule has 1 atom stereocenters. The number of carbonyl (C=O) groups is 2. The highest BCUT2D eigenvalue weighted by Gasteiger charge is 2.38. The van der Waals surface area contributed by atoms with Gasteiger partial charge in [-0.25, -0.2) is 4.79 Å². The first-order valence-electron chi connectivity index (χ1n) is 7.96. The highest BCUT2D eigenvalue weighted by molar-refractivity contribution is 6.32. The number of hydrogen-bond donors (Lipinski definition) is 0. The molecule has 2 amide bonds. The predicted molar refractivity (Wildman–Crippen MR) is 89.6 cm³/mol. The van der Waals surface area contributed by atoms with Crippen LogP contribution in [0, 0.1) is 0 Å². The Hall–Kier alpha value is -1.95. The summed E-state index contributed by atoms with van der Waals surface area (Å²) in [6, 6.07) is 4.93. The summed E-state index contributed by atoms with van der Waals surface area (Å²) in [6.07, 6.45) is -0.366. The summed E-state index contributed by atoms with van der Waals surface area (Å²) in [7, 11) is 0. The molecule has 1 saturated heterocycles. The summed E-state index contributed by atoms with van der Waals surface area (Å²) in [5, 5.41) is 0.421. The van der Waals surface area contributed by atoms with Crippen LogP contribution in [0.25, 0.3) is 0 Å². The standard InChI is InChI=1S/C17H21ClN2O4/c1-17(2,3)24-16(22)19-7-8-20-11(9-19)10-23-14-12(15(20)21)5-4-6-13(14)18/h4-6,11H,7-10H2,1-3H3. The van der Waals surface area contributed by atoms with E-state index in [2.05, 4.69) is 0 Å². The van der Waals surface area contributed by atoms with E-state index in [9.17, 15) is 9.59 Å². The van der Waals surface area contributed by atoms with Gasteiger partial charge in [0, 0.05) is 19.6 Å². The third-order valence-electron chi connectivity index (χ3n) is 4.01. The van der Waals surface area contributed by atoms with Gasteiger partial charge in [-0.1, -0.05) is 17.7 Å². The minimum Gasteiger partial charge on any atom is -0.489 e. The zero-order valence-electron chi connectivity index (χ0n) is 14.0. The number of piperazine rings is 1. The largest absolute Gasteiger partial charge is 0.489 e. The molecule has 0 spiro atoms. The third-order valence-corrected chi connectivity index (χ3v) is 4.31. The first-order chi connectivity index (χ1) is 11.3. The van der Waals surface area contributed by atoms with Gasteiger partial charge in [-0.2, -0.15) is 0 Å². The molecule has 6 nitrogen and oxygen atoms in total. The number of nitrogens with zero attached hydrogens (tertiary/aromatic N) is 2. The first kappa shape index (κ1) is 16.9. The average molecular weight is 353 g/mol. The molecule has 3 rings (SSSR count). The van der Waals surface area contributed by atoms with E-state index in [0.717, 1.165) is 0 Å². The number of halogens is 1. The maximum absolute atomic E-state index is 12.8. The van der Waals surface area contributed by atoms with Crippen LogP contribution in [0.1, 0.15) is 31.1 Å². The van der Waals surface area contributed by atoms with Gasteiger partial charge in [0.1, 0.15) is 12.2 Å². The van der Waals surface area contributed by atoms with Crippen LogP contribution < -0.4 is 4.74 Å². The second-order valence-electron chi connectivity index (χ2n) is 7.01. The molecule has 1 fully saturated rings.